The van der Waals surface area contributed by atoms with E-state index >= 15 is 0 Å². The van der Waals surface area contributed by atoms with Crippen LogP contribution in [0.25, 0.3) is 0 Å². The van der Waals surface area contributed by atoms with E-state index in [9.17, 15) is 31.2 Å². The molecule has 242 valence electrons. The monoisotopic (exact) mass is 638 g/mol. The van der Waals surface area contributed by atoms with Crippen LogP contribution in [0.1, 0.15) is 75.6 Å². The van der Waals surface area contributed by atoms with E-state index in [1.54, 1.807) is 12.1 Å². The fourth-order valence-electron chi connectivity index (χ4n) is 6.66. The number of likely N-dealkylation sites (tertiary alicyclic amines) is 1. The number of nitrogens with one attached hydrogen (secondary N) is 1. The van der Waals surface area contributed by atoms with Crippen molar-refractivity contribution in [3.05, 3.63) is 65.2 Å². The van der Waals surface area contributed by atoms with Crippen molar-refractivity contribution >= 4 is 21.8 Å². The van der Waals surface area contributed by atoms with Crippen molar-refractivity contribution in [1.82, 2.24) is 9.62 Å². The Balaban J connectivity index is 1.87. The molecule has 1 aliphatic heterocycles. The Labute approximate surface area is 257 Å². The number of rotatable bonds is 8. The Hall–Kier alpha value is -3.12. The van der Waals surface area contributed by atoms with E-state index in [0.717, 1.165) is 37.7 Å². The molecule has 1 saturated heterocycles. The Morgan fingerprint density at radius 3 is 2.18 bits per heavy atom. The Bertz CT molecular complexity index is 1440. The summed E-state index contributed by atoms with van der Waals surface area (Å²) in [6, 6.07) is 10.1. The minimum Gasteiger partial charge on any atom is -0.496 e. The molecule has 4 rings (SSSR count). The van der Waals surface area contributed by atoms with Crippen LogP contribution >= 0.6 is 0 Å². The number of carbonyl (C=O) groups is 2. The highest BCUT2D eigenvalue weighted by molar-refractivity contribution is 7.89. The number of sulfonamides is 1. The molecular weight excluding hydrogens is 597 g/mol. The summed E-state index contributed by atoms with van der Waals surface area (Å²) in [6.07, 6.45) is -0.598. The molecule has 0 bridgehead atoms. The number of benzene rings is 2. The minimum atomic E-state index is -4.59. The summed E-state index contributed by atoms with van der Waals surface area (Å²) in [6.45, 7) is 5.31. The zero-order chi connectivity index (χ0) is 32.4. The zero-order valence-electron chi connectivity index (χ0n) is 25.7. The van der Waals surface area contributed by atoms with E-state index in [2.05, 4.69) is 4.72 Å². The second-order valence-electron chi connectivity index (χ2n) is 12.8. The van der Waals surface area contributed by atoms with Crippen molar-refractivity contribution in [2.45, 2.75) is 83.8 Å². The Kier molecular flexibility index (Phi) is 10.0. The van der Waals surface area contributed by atoms with Gasteiger partial charge in [-0.1, -0.05) is 70.4 Å². The molecule has 12 heteroatoms. The molecule has 1 saturated carbocycles. The third-order valence-corrected chi connectivity index (χ3v) is 9.12. The van der Waals surface area contributed by atoms with Crippen LogP contribution in [0.4, 0.5) is 13.2 Å². The van der Waals surface area contributed by atoms with E-state index in [-0.39, 0.29) is 29.7 Å². The van der Waals surface area contributed by atoms with Crippen LogP contribution < -0.4 is 9.46 Å². The summed E-state index contributed by atoms with van der Waals surface area (Å²) in [4.78, 5) is 29.8. The van der Waals surface area contributed by atoms with Crippen LogP contribution in [0.3, 0.4) is 0 Å². The number of hydrogen-bond donors (Lipinski definition) is 1. The molecule has 1 aliphatic carbocycles. The van der Waals surface area contributed by atoms with E-state index < -0.39 is 57.2 Å². The number of nitrogens with zero attached hydrogens (tertiary/aromatic N) is 1. The van der Waals surface area contributed by atoms with Gasteiger partial charge in [-0.25, -0.2) is 8.42 Å². The fourth-order valence-corrected chi connectivity index (χ4v) is 7.15. The molecule has 4 atom stereocenters. The van der Waals surface area contributed by atoms with Crippen LogP contribution in [0.15, 0.2) is 48.5 Å². The molecule has 2 fully saturated rings. The molecule has 0 radical (unpaired) electrons. The van der Waals surface area contributed by atoms with Crippen LogP contribution in [0.5, 0.6) is 5.75 Å². The first kappa shape index (κ1) is 33.8. The van der Waals surface area contributed by atoms with Gasteiger partial charge < -0.3 is 14.4 Å². The maximum atomic E-state index is 14.4. The normalized spacial score (nSPS) is 23.4. The summed E-state index contributed by atoms with van der Waals surface area (Å²) in [7, 11) is -2.64. The topological polar surface area (TPSA) is 102 Å². The largest absolute Gasteiger partial charge is 0.496 e. The molecule has 2 aromatic rings. The standard InChI is InChI=1S/C32H41F3N2O6S/c1-31(2,3)25-27(29(38)36-44(5,40)41)37(30(39)21-14-10-7-11-15-21)26(20-12-8-6-9-13-20)28(25)43-19-22-18-23(32(33,34)35)16-17-24(22)42-4/h6,8-9,12-13,16-18,21,25-28H,7,10-11,14-15,19H2,1-5H3,(H,36,38)/t25-,26+,27+,28?/m0/s1. The first-order valence-corrected chi connectivity index (χ1v) is 16.7. The van der Waals surface area contributed by atoms with Gasteiger partial charge in [-0.05, 0) is 42.0 Å². The molecule has 8 nitrogen and oxygen atoms in total. The van der Waals surface area contributed by atoms with E-state index in [1.165, 1.54) is 18.1 Å². The summed E-state index contributed by atoms with van der Waals surface area (Å²) in [5, 5.41) is 0. The van der Waals surface area contributed by atoms with Crippen molar-refractivity contribution in [2.24, 2.45) is 17.3 Å². The van der Waals surface area contributed by atoms with Crippen molar-refractivity contribution in [1.29, 1.82) is 0 Å². The maximum Gasteiger partial charge on any atom is 0.416 e. The molecule has 2 amide bonds. The van der Waals surface area contributed by atoms with E-state index in [1.807, 2.05) is 39.0 Å². The number of halogens is 3. The number of alkyl halides is 3. The number of carbonyl (C=O) groups excluding carboxylic acids is 2. The zero-order valence-corrected chi connectivity index (χ0v) is 26.5. The van der Waals surface area contributed by atoms with Gasteiger partial charge >= 0.3 is 6.18 Å². The Morgan fingerprint density at radius 2 is 1.64 bits per heavy atom. The predicted octanol–water partition coefficient (Wildman–Crippen LogP) is 5.87. The van der Waals surface area contributed by atoms with Gasteiger partial charge in [0.05, 0.1) is 37.7 Å². The van der Waals surface area contributed by atoms with Gasteiger partial charge in [0.1, 0.15) is 11.8 Å². The number of ether oxygens (including phenoxy) is 2. The predicted molar refractivity (Wildman–Crippen MR) is 159 cm³/mol. The second kappa shape index (κ2) is 13.1. The minimum absolute atomic E-state index is 0.149. The van der Waals surface area contributed by atoms with Gasteiger partial charge in [0.25, 0.3) is 5.91 Å². The second-order valence-corrected chi connectivity index (χ2v) is 14.6. The lowest BCUT2D eigenvalue weighted by atomic mass is 9.73. The Morgan fingerprint density at radius 1 is 1.00 bits per heavy atom. The van der Waals surface area contributed by atoms with Crippen molar-refractivity contribution in [2.75, 3.05) is 13.4 Å². The van der Waals surface area contributed by atoms with Gasteiger partial charge in [0.2, 0.25) is 15.9 Å². The van der Waals surface area contributed by atoms with E-state index in [4.69, 9.17) is 9.47 Å². The molecule has 0 spiro atoms. The molecule has 44 heavy (non-hydrogen) atoms. The summed E-state index contributed by atoms with van der Waals surface area (Å²) < 4.78 is 79.4. The highest BCUT2D eigenvalue weighted by atomic mass is 32.2. The lowest BCUT2D eigenvalue weighted by molar-refractivity contribution is -0.145. The highest BCUT2D eigenvalue weighted by Crippen LogP contribution is 2.51. The van der Waals surface area contributed by atoms with Gasteiger partial charge in [0.15, 0.2) is 0 Å². The average Bonchev–Trinajstić information content (AvgIpc) is 3.31. The molecule has 0 aromatic heterocycles. The molecule has 1 heterocycles. The molecule has 1 unspecified atom stereocenters. The lowest BCUT2D eigenvalue weighted by Gasteiger charge is -2.37. The van der Waals surface area contributed by atoms with Crippen LogP contribution in [-0.4, -0.2) is 50.6 Å². The quantitative estimate of drug-likeness (QED) is 0.388. The third-order valence-electron chi connectivity index (χ3n) is 8.55. The smallest absolute Gasteiger partial charge is 0.416 e. The van der Waals surface area contributed by atoms with Gasteiger partial charge in [0, 0.05) is 17.4 Å². The van der Waals surface area contributed by atoms with Gasteiger partial charge in [-0.3, -0.25) is 14.3 Å². The molecular formula is C32H41F3N2O6S. The summed E-state index contributed by atoms with van der Waals surface area (Å²) in [5.41, 5.74) is -0.760. The average molecular weight is 639 g/mol. The van der Waals surface area contributed by atoms with Gasteiger partial charge in [-0.2, -0.15) is 13.2 Å². The van der Waals surface area contributed by atoms with Crippen LogP contribution in [0.2, 0.25) is 0 Å². The van der Waals surface area contributed by atoms with Crippen molar-refractivity contribution < 1.29 is 40.7 Å². The number of amides is 2. The number of methoxy groups -OCH3 is 1. The third kappa shape index (κ3) is 7.56. The number of hydrogen-bond acceptors (Lipinski definition) is 6. The first-order chi connectivity index (χ1) is 20.5. The highest BCUT2D eigenvalue weighted by Gasteiger charge is 2.59. The fraction of sp³-hybridized carbons (Fsp3) is 0.562. The molecule has 2 aromatic carbocycles. The van der Waals surface area contributed by atoms with Crippen LogP contribution in [-0.2, 0) is 37.1 Å². The van der Waals surface area contributed by atoms with Gasteiger partial charge in [-0.15, -0.1) is 0 Å². The van der Waals surface area contributed by atoms with Crippen molar-refractivity contribution in [3.8, 4) is 5.75 Å². The summed E-state index contributed by atoms with van der Waals surface area (Å²) >= 11 is 0. The molecule has 2 aliphatic rings. The molecule has 1 N–H and O–H groups in total. The van der Waals surface area contributed by atoms with Crippen molar-refractivity contribution in [3.63, 3.8) is 0 Å². The van der Waals surface area contributed by atoms with E-state index in [0.29, 0.717) is 18.4 Å². The van der Waals surface area contributed by atoms with Crippen LogP contribution in [0, 0.1) is 17.3 Å². The summed E-state index contributed by atoms with van der Waals surface area (Å²) in [5.74, 6) is -2.00. The SMILES string of the molecule is COc1ccc(C(F)(F)F)cc1COC1[C@@H](c2ccccc2)N(C(=O)C2CCCCC2)[C@@H](C(=O)NS(C)(=O)=O)[C@@H]1C(C)(C)C. The first-order valence-electron chi connectivity index (χ1n) is 14.8. The maximum absolute atomic E-state index is 14.4. The lowest BCUT2D eigenvalue weighted by Crippen LogP contribution is -2.53.